The summed E-state index contributed by atoms with van der Waals surface area (Å²) in [6.45, 7) is 5.70. The summed E-state index contributed by atoms with van der Waals surface area (Å²) in [4.78, 5) is 6.74. The number of aromatic nitrogens is 1. The molecule has 4 nitrogen and oxygen atoms in total. The lowest BCUT2D eigenvalue weighted by Crippen LogP contribution is -2.22. The van der Waals surface area contributed by atoms with E-state index in [1.807, 2.05) is 25.1 Å². The number of aryl methyl sites for hydroxylation is 1. The molecular formula is C15H17N3OS. The summed E-state index contributed by atoms with van der Waals surface area (Å²) < 4.78 is 6.56. The van der Waals surface area contributed by atoms with Crippen molar-refractivity contribution in [1.82, 2.24) is 4.98 Å². The van der Waals surface area contributed by atoms with E-state index in [4.69, 9.17) is 10.2 Å². The molecule has 0 aliphatic heterocycles. The third kappa shape index (κ3) is 2.36. The first-order chi connectivity index (χ1) is 9.67. The molecule has 0 saturated carbocycles. The van der Waals surface area contributed by atoms with Crippen LogP contribution in [-0.2, 0) is 6.54 Å². The number of hydrogen-bond acceptors (Lipinski definition) is 5. The summed E-state index contributed by atoms with van der Waals surface area (Å²) in [6, 6.07) is 7.96. The van der Waals surface area contributed by atoms with Crippen molar-refractivity contribution in [2.24, 2.45) is 0 Å². The van der Waals surface area contributed by atoms with Crippen LogP contribution in [0.4, 0.5) is 11.4 Å². The summed E-state index contributed by atoms with van der Waals surface area (Å²) in [6.07, 6.45) is 1.69. The maximum Gasteiger partial charge on any atom is 0.123 e. The van der Waals surface area contributed by atoms with Crippen LogP contribution in [0.2, 0.25) is 0 Å². The van der Waals surface area contributed by atoms with Crippen LogP contribution in [0.5, 0.6) is 0 Å². The van der Waals surface area contributed by atoms with Crippen LogP contribution in [0, 0.1) is 6.92 Å². The zero-order valence-electron chi connectivity index (χ0n) is 11.6. The Bertz CT molecular complexity index is 718. The van der Waals surface area contributed by atoms with Gasteiger partial charge in [-0.05, 0) is 38.1 Å². The zero-order valence-corrected chi connectivity index (χ0v) is 12.4. The second-order valence-electron chi connectivity index (χ2n) is 4.71. The summed E-state index contributed by atoms with van der Waals surface area (Å²) in [5.74, 6) is 0.931. The number of nitrogens with two attached hydrogens (primary N) is 1. The summed E-state index contributed by atoms with van der Waals surface area (Å²) in [5.41, 5.74) is 9.02. The first-order valence-electron chi connectivity index (χ1n) is 6.61. The van der Waals surface area contributed by atoms with Crippen molar-refractivity contribution in [3.05, 3.63) is 41.3 Å². The lowest BCUT2D eigenvalue weighted by molar-refractivity contribution is 0.504. The van der Waals surface area contributed by atoms with Crippen molar-refractivity contribution in [3.63, 3.8) is 0 Å². The van der Waals surface area contributed by atoms with Crippen molar-refractivity contribution in [2.75, 3.05) is 17.2 Å². The van der Waals surface area contributed by atoms with Gasteiger partial charge in [-0.1, -0.05) is 0 Å². The molecule has 0 aliphatic rings. The Hall–Kier alpha value is -2.01. The van der Waals surface area contributed by atoms with Crippen molar-refractivity contribution in [3.8, 4) is 0 Å². The molecule has 0 radical (unpaired) electrons. The molecule has 0 atom stereocenters. The van der Waals surface area contributed by atoms with Gasteiger partial charge >= 0.3 is 0 Å². The van der Waals surface area contributed by atoms with E-state index in [2.05, 4.69) is 22.9 Å². The van der Waals surface area contributed by atoms with E-state index >= 15 is 0 Å². The van der Waals surface area contributed by atoms with Gasteiger partial charge in [0, 0.05) is 6.54 Å². The molecule has 104 valence electrons. The van der Waals surface area contributed by atoms with Gasteiger partial charge in [0.05, 0.1) is 39.4 Å². The van der Waals surface area contributed by atoms with Crippen molar-refractivity contribution in [1.29, 1.82) is 0 Å². The van der Waals surface area contributed by atoms with E-state index in [0.717, 1.165) is 38.9 Å². The zero-order chi connectivity index (χ0) is 14.1. The Morgan fingerprint density at radius 1 is 1.40 bits per heavy atom. The first-order valence-corrected chi connectivity index (χ1v) is 7.43. The average molecular weight is 287 g/mol. The van der Waals surface area contributed by atoms with Crippen LogP contribution >= 0.6 is 11.3 Å². The fourth-order valence-corrected chi connectivity index (χ4v) is 3.18. The molecule has 2 aromatic heterocycles. The van der Waals surface area contributed by atoms with Gasteiger partial charge in [-0.3, -0.25) is 0 Å². The number of benzene rings is 1. The molecule has 0 amide bonds. The van der Waals surface area contributed by atoms with Crippen molar-refractivity contribution < 1.29 is 4.42 Å². The molecule has 0 aliphatic carbocycles. The molecule has 0 fully saturated rings. The van der Waals surface area contributed by atoms with Gasteiger partial charge in [-0.2, -0.15) is 0 Å². The molecule has 2 N–H and O–H groups in total. The minimum Gasteiger partial charge on any atom is -0.467 e. The number of nitrogen functional groups attached to an aromatic ring is 1. The lowest BCUT2D eigenvalue weighted by atomic mass is 10.2. The Balaban J connectivity index is 1.99. The van der Waals surface area contributed by atoms with Gasteiger partial charge in [0.25, 0.3) is 0 Å². The number of furan rings is 1. The highest BCUT2D eigenvalue weighted by atomic mass is 32.1. The van der Waals surface area contributed by atoms with E-state index < -0.39 is 0 Å². The van der Waals surface area contributed by atoms with Gasteiger partial charge in [0.1, 0.15) is 5.76 Å². The van der Waals surface area contributed by atoms with Crippen LogP contribution < -0.4 is 10.6 Å². The molecular weight excluding hydrogens is 270 g/mol. The summed E-state index contributed by atoms with van der Waals surface area (Å²) in [7, 11) is 0. The Morgan fingerprint density at radius 3 is 2.95 bits per heavy atom. The minimum atomic E-state index is 0.711. The van der Waals surface area contributed by atoms with Crippen LogP contribution in [-0.4, -0.2) is 11.5 Å². The van der Waals surface area contributed by atoms with E-state index in [1.54, 1.807) is 17.6 Å². The molecule has 1 aromatic carbocycles. The smallest absolute Gasteiger partial charge is 0.123 e. The third-order valence-electron chi connectivity index (χ3n) is 3.29. The molecule has 0 spiro atoms. The summed E-state index contributed by atoms with van der Waals surface area (Å²) in [5, 5.41) is 1.06. The average Bonchev–Trinajstić information content (AvgIpc) is 3.03. The SMILES string of the molecule is CCN(Cc1ccco1)c1cc2nc(C)sc2cc1N. The van der Waals surface area contributed by atoms with Crippen LogP contribution in [0.1, 0.15) is 17.7 Å². The van der Waals surface area contributed by atoms with Gasteiger partial charge in [-0.15, -0.1) is 11.3 Å². The largest absolute Gasteiger partial charge is 0.467 e. The van der Waals surface area contributed by atoms with Gasteiger partial charge < -0.3 is 15.1 Å². The standard InChI is InChI=1S/C15H17N3OS/c1-3-18(9-11-5-4-6-19-11)14-8-13-15(7-12(14)16)20-10(2)17-13/h4-8H,3,9,16H2,1-2H3. The van der Waals surface area contributed by atoms with Crippen molar-refractivity contribution >= 4 is 32.9 Å². The first kappa shape index (κ1) is 13.0. The highest BCUT2D eigenvalue weighted by molar-refractivity contribution is 7.18. The molecule has 2 heterocycles. The Labute approximate surface area is 121 Å². The van der Waals surface area contributed by atoms with E-state index in [9.17, 15) is 0 Å². The highest BCUT2D eigenvalue weighted by Gasteiger charge is 2.13. The van der Waals surface area contributed by atoms with Crippen molar-refractivity contribution in [2.45, 2.75) is 20.4 Å². The van der Waals surface area contributed by atoms with E-state index in [0.29, 0.717) is 6.54 Å². The van der Waals surface area contributed by atoms with E-state index in [-0.39, 0.29) is 0 Å². The van der Waals surface area contributed by atoms with Crippen LogP contribution in [0.25, 0.3) is 10.2 Å². The quantitative estimate of drug-likeness (QED) is 0.741. The fourth-order valence-electron chi connectivity index (χ4n) is 2.33. The maximum atomic E-state index is 6.21. The molecule has 20 heavy (non-hydrogen) atoms. The molecule has 3 aromatic rings. The number of rotatable bonds is 4. The monoisotopic (exact) mass is 287 g/mol. The second-order valence-corrected chi connectivity index (χ2v) is 5.94. The Morgan fingerprint density at radius 2 is 2.25 bits per heavy atom. The van der Waals surface area contributed by atoms with Gasteiger partial charge in [0.2, 0.25) is 0 Å². The summed E-state index contributed by atoms with van der Waals surface area (Å²) >= 11 is 1.67. The number of thiazole rings is 1. The minimum absolute atomic E-state index is 0.711. The normalized spacial score (nSPS) is 11.1. The highest BCUT2D eigenvalue weighted by Crippen LogP contribution is 2.32. The lowest BCUT2D eigenvalue weighted by Gasteiger charge is -2.23. The molecule has 5 heteroatoms. The molecule has 0 saturated heterocycles. The third-order valence-corrected chi connectivity index (χ3v) is 4.23. The number of hydrogen-bond donors (Lipinski definition) is 1. The number of fused-ring (bicyclic) bond motifs is 1. The van der Waals surface area contributed by atoms with E-state index in [1.165, 1.54) is 0 Å². The number of anilines is 2. The Kier molecular flexibility index (Phi) is 3.36. The number of nitrogens with zero attached hydrogens (tertiary/aromatic N) is 2. The van der Waals surface area contributed by atoms with Gasteiger partial charge in [0.15, 0.2) is 0 Å². The molecule has 0 bridgehead atoms. The maximum absolute atomic E-state index is 6.21. The van der Waals surface area contributed by atoms with Gasteiger partial charge in [-0.25, -0.2) is 4.98 Å². The molecule has 0 unspecified atom stereocenters. The topological polar surface area (TPSA) is 55.3 Å². The fraction of sp³-hybridized carbons (Fsp3) is 0.267. The molecule has 3 rings (SSSR count). The second kappa shape index (κ2) is 5.17. The van der Waals surface area contributed by atoms with Crippen LogP contribution in [0.3, 0.4) is 0 Å². The van der Waals surface area contributed by atoms with Crippen LogP contribution in [0.15, 0.2) is 34.9 Å². The predicted octanol–water partition coefficient (Wildman–Crippen LogP) is 3.81. The predicted molar refractivity (Wildman–Crippen MR) is 84.2 cm³/mol.